The van der Waals surface area contributed by atoms with Crippen molar-refractivity contribution in [2.24, 2.45) is 0 Å². The van der Waals surface area contributed by atoms with Crippen LogP contribution < -0.4 is 9.47 Å². The number of hydrogen-bond acceptors (Lipinski definition) is 6. The highest BCUT2D eigenvalue weighted by molar-refractivity contribution is 5.92. The van der Waals surface area contributed by atoms with Crippen LogP contribution >= 0.6 is 0 Å². The number of aromatic nitrogens is 2. The van der Waals surface area contributed by atoms with E-state index in [0.717, 1.165) is 53.7 Å². The zero-order valence-corrected chi connectivity index (χ0v) is 18.4. The Balaban J connectivity index is 1.58. The first-order valence-electron chi connectivity index (χ1n) is 10.1. The predicted molar refractivity (Wildman–Crippen MR) is 117 cm³/mol. The van der Waals surface area contributed by atoms with Gasteiger partial charge >= 0.3 is 0 Å². The van der Waals surface area contributed by atoms with Gasteiger partial charge in [-0.15, -0.1) is 0 Å². The van der Waals surface area contributed by atoms with E-state index in [9.17, 15) is 4.79 Å². The van der Waals surface area contributed by atoms with Crippen LogP contribution in [-0.4, -0.2) is 66.1 Å². The van der Waals surface area contributed by atoms with Gasteiger partial charge < -0.3 is 14.4 Å². The lowest BCUT2D eigenvalue weighted by atomic mass is 10.1. The maximum Gasteiger partial charge on any atom is 0.246 e. The van der Waals surface area contributed by atoms with Crippen molar-refractivity contribution >= 4 is 12.0 Å². The summed E-state index contributed by atoms with van der Waals surface area (Å²) in [5.74, 6) is 1.43. The number of methoxy groups -OCH3 is 2. The second kappa shape index (κ2) is 9.71. The third-order valence-corrected chi connectivity index (χ3v) is 5.48. The van der Waals surface area contributed by atoms with E-state index in [2.05, 4.69) is 9.88 Å². The van der Waals surface area contributed by atoms with E-state index in [0.29, 0.717) is 18.8 Å². The van der Waals surface area contributed by atoms with E-state index >= 15 is 0 Å². The molecule has 7 nitrogen and oxygen atoms in total. The second-order valence-corrected chi connectivity index (χ2v) is 7.47. The van der Waals surface area contributed by atoms with E-state index in [-0.39, 0.29) is 5.91 Å². The molecule has 2 aromatic rings. The van der Waals surface area contributed by atoms with Crippen LogP contribution in [0.25, 0.3) is 6.08 Å². The first-order valence-corrected chi connectivity index (χ1v) is 10.1. The lowest BCUT2D eigenvalue weighted by Crippen LogP contribution is -2.48. The molecule has 3 rings (SSSR count). The molecule has 7 heteroatoms. The Kier molecular flexibility index (Phi) is 7.05. The number of aryl methyl sites for hydroxylation is 3. The molecule has 30 heavy (non-hydrogen) atoms. The van der Waals surface area contributed by atoms with Crippen LogP contribution in [0.4, 0.5) is 0 Å². The normalized spacial score (nSPS) is 14.9. The topological polar surface area (TPSA) is 67.8 Å². The van der Waals surface area contributed by atoms with Crippen molar-refractivity contribution in [3.63, 3.8) is 0 Å². The van der Waals surface area contributed by atoms with Gasteiger partial charge in [-0.2, -0.15) is 0 Å². The van der Waals surface area contributed by atoms with Crippen LogP contribution in [-0.2, 0) is 11.3 Å². The van der Waals surface area contributed by atoms with Crippen LogP contribution in [0.1, 0.15) is 28.3 Å². The third kappa shape index (κ3) is 5.16. The summed E-state index contributed by atoms with van der Waals surface area (Å²) in [6, 6.07) is 5.52. The lowest BCUT2D eigenvalue weighted by Gasteiger charge is -2.34. The summed E-state index contributed by atoms with van der Waals surface area (Å²) >= 11 is 0. The molecule has 0 aliphatic carbocycles. The van der Waals surface area contributed by atoms with Crippen LogP contribution in [0.2, 0.25) is 0 Å². The van der Waals surface area contributed by atoms with Crippen LogP contribution in [0.15, 0.2) is 24.3 Å². The third-order valence-electron chi connectivity index (χ3n) is 5.48. The maximum atomic E-state index is 12.7. The zero-order chi connectivity index (χ0) is 21.7. The number of carbonyl (C=O) groups excluding carboxylic acids is 1. The Bertz CT molecular complexity index is 934. The SMILES string of the molecule is COc1ccc(OC)c(/C=C/C(=O)N2CCN(Cc3nc(C)c(C)nc3C)CC2)c1. The number of piperazine rings is 1. The van der Waals surface area contributed by atoms with Crippen molar-refractivity contribution in [3.05, 3.63) is 52.6 Å². The van der Waals surface area contributed by atoms with Gasteiger partial charge in [0.15, 0.2) is 0 Å². The standard InChI is InChI=1S/C23H30N4O3/c1-16-17(2)25-21(18(3)24-16)15-26-10-12-27(13-11-26)23(28)9-6-19-14-20(29-4)7-8-22(19)30-5/h6-9,14H,10-13,15H2,1-5H3/b9-6+. The molecule has 0 bridgehead atoms. The predicted octanol–water partition coefficient (Wildman–Crippen LogP) is 2.78. The molecule has 2 heterocycles. The summed E-state index contributed by atoms with van der Waals surface area (Å²) in [6.45, 7) is 9.76. The Hall–Kier alpha value is -2.93. The first kappa shape index (κ1) is 21.8. The molecule has 0 radical (unpaired) electrons. The van der Waals surface area contributed by atoms with Gasteiger partial charge in [-0.1, -0.05) is 0 Å². The highest BCUT2D eigenvalue weighted by Crippen LogP contribution is 2.25. The van der Waals surface area contributed by atoms with Gasteiger partial charge in [0.25, 0.3) is 0 Å². The Morgan fingerprint density at radius 3 is 2.37 bits per heavy atom. The van der Waals surface area contributed by atoms with Crippen molar-refractivity contribution in [2.45, 2.75) is 27.3 Å². The summed E-state index contributed by atoms with van der Waals surface area (Å²) in [6.07, 6.45) is 3.38. The molecule has 1 aromatic heterocycles. The highest BCUT2D eigenvalue weighted by atomic mass is 16.5. The molecule has 0 saturated carbocycles. The van der Waals surface area contributed by atoms with Crippen LogP contribution in [0, 0.1) is 20.8 Å². The Labute approximate surface area is 178 Å². The maximum absolute atomic E-state index is 12.7. The van der Waals surface area contributed by atoms with Crippen LogP contribution in [0.3, 0.4) is 0 Å². The molecular formula is C23H30N4O3. The molecule has 1 fully saturated rings. The molecular weight excluding hydrogens is 380 g/mol. The number of benzene rings is 1. The number of carbonyl (C=O) groups is 1. The molecule has 1 aromatic carbocycles. The summed E-state index contributed by atoms with van der Waals surface area (Å²) in [7, 11) is 3.23. The minimum Gasteiger partial charge on any atom is -0.497 e. The quantitative estimate of drug-likeness (QED) is 0.682. The molecule has 0 unspecified atom stereocenters. The van der Waals surface area contributed by atoms with Gasteiger partial charge in [0, 0.05) is 44.4 Å². The Morgan fingerprint density at radius 1 is 1.00 bits per heavy atom. The van der Waals surface area contributed by atoms with Crippen LogP contribution in [0.5, 0.6) is 11.5 Å². The number of nitrogens with zero attached hydrogens (tertiary/aromatic N) is 4. The van der Waals surface area contributed by atoms with Crippen molar-refractivity contribution in [1.82, 2.24) is 19.8 Å². The van der Waals surface area contributed by atoms with Crippen molar-refractivity contribution in [3.8, 4) is 11.5 Å². The van der Waals surface area contributed by atoms with Gasteiger partial charge in [-0.3, -0.25) is 19.7 Å². The minimum absolute atomic E-state index is 0.00155. The average molecular weight is 411 g/mol. The molecule has 1 amide bonds. The number of ether oxygens (including phenoxy) is 2. The van der Waals surface area contributed by atoms with Crippen molar-refractivity contribution in [2.75, 3.05) is 40.4 Å². The summed E-state index contributed by atoms with van der Waals surface area (Å²) in [5, 5.41) is 0. The van der Waals surface area contributed by atoms with E-state index < -0.39 is 0 Å². The van der Waals surface area contributed by atoms with Gasteiger partial charge in [-0.25, -0.2) is 0 Å². The van der Waals surface area contributed by atoms with Gasteiger partial charge in [0.2, 0.25) is 5.91 Å². The van der Waals surface area contributed by atoms with E-state index in [1.807, 2.05) is 43.9 Å². The summed E-state index contributed by atoms with van der Waals surface area (Å²) in [5.41, 5.74) is 4.76. The average Bonchev–Trinajstić information content (AvgIpc) is 2.76. The molecule has 0 N–H and O–H groups in total. The van der Waals surface area contributed by atoms with E-state index in [1.54, 1.807) is 26.4 Å². The fourth-order valence-electron chi connectivity index (χ4n) is 3.49. The lowest BCUT2D eigenvalue weighted by molar-refractivity contribution is -0.127. The minimum atomic E-state index is 0.00155. The zero-order valence-electron chi connectivity index (χ0n) is 18.4. The molecule has 1 aliphatic heterocycles. The number of hydrogen-bond donors (Lipinski definition) is 0. The van der Waals surface area contributed by atoms with E-state index in [1.165, 1.54) is 0 Å². The molecule has 1 aliphatic rings. The first-order chi connectivity index (χ1) is 14.4. The van der Waals surface area contributed by atoms with E-state index in [4.69, 9.17) is 14.5 Å². The molecule has 1 saturated heterocycles. The van der Waals surface area contributed by atoms with Gasteiger partial charge in [0.1, 0.15) is 11.5 Å². The highest BCUT2D eigenvalue weighted by Gasteiger charge is 2.21. The summed E-state index contributed by atoms with van der Waals surface area (Å²) in [4.78, 5) is 26.1. The Morgan fingerprint density at radius 2 is 1.70 bits per heavy atom. The second-order valence-electron chi connectivity index (χ2n) is 7.47. The smallest absolute Gasteiger partial charge is 0.246 e. The summed E-state index contributed by atoms with van der Waals surface area (Å²) < 4.78 is 10.6. The van der Waals surface area contributed by atoms with Gasteiger partial charge in [-0.05, 0) is 45.0 Å². The number of rotatable bonds is 6. The largest absolute Gasteiger partial charge is 0.497 e. The fourth-order valence-corrected chi connectivity index (χ4v) is 3.49. The molecule has 0 spiro atoms. The fraction of sp³-hybridized carbons (Fsp3) is 0.435. The monoisotopic (exact) mass is 410 g/mol. The molecule has 160 valence electrons. The molecule has 0 atom stereocenters. The number of amides is 1. The van der Waals surface area contributed by atoms with Gasteiger partial charge in [0.05, 0.1) is 37.0 Å². The van der Waals surface area contributed by atoms with Crippen molar-refractivity contribution < 1.29 is 14.3 Å². The van der Waals surface area contributed by atoms with Crippen molar-refractivity contribution in [1.29, 1.82) is 0 Å².